The molecule has 0 spiro atoms. The number of hydrogen-bond donors (Lipinski definition) is 0. The molecular formula is C14H23ClO. The second-order valence-corrected chi connectivity index (χ2v) is 6.60. The molecule has 16 heavy (non-hydrogen) atoms. The van der Waals surface area contributed by atoms with Crippen LogP contribution in [-0.2, 0) is 4.74 Å². The zero-order valence-electron chi connectivity index (χ0n) is 10.8. The second kappa shape index (κ2) is 4.03. The number of rotatable bonds is 1. The van der Waals surface area contributed by atoms with Gasteiger partial charge in [-0.25, -0.2) is 0 Å². The van der Waals surface area contributed by atoms with E-state index in [0.29, 0.717) is 12.0 Å². The summed E-state index contributed by atoms with van der Waals surface area (Å²) in [5.41, 5.74) is 0.390. The Hall–Kier alpha value is -0.0100. The van der Waals surface area contributed by atoms with Gasteiger partial charge in [-0.2, -0.15) is 0 Å². The first-order valence-corrected chi connectivity index (χ1v) is 6.69. The number of hydrogen-bond acceptors (Lipinski definition) is 1. The van der Waals surface area contributed by atoms with E-state index in [1.54, 1.807) is 0 Å². The van der Waals surface area contributed by atoms with Crippen molar-refractivity contribution in [3.05, 3.63) is 11.1 Å². The van der Waals surface area contributed by atoms with E-state index in [9.17, 15) is 0 Å². The Kier molecular flexibility index (Phi) is 3.13. The fraction of sp³-hybridized carbons (Fsp3) is 0.857. The lowest BCUT2D eigenvalue weighted by atomic mass is 9.53. The minimum Gasteiger partial charge on any atom is -0.381 e. The molecule has 0 bridgehead atoms. The van der Waals surface area contributed by atoms with Crippen LogP contribution in [0.2, 0.25) is 0 Å². The van der Waals surface area contributed by atoms with Gasteiger partial charge in [0.25, 0.3) is 0 Å². The summed E-state index contributed by atoms with van der Waals surface area (Å²) in [5, 5.41) is 1.05. The predicted molar refractivity (Wildman–Crippen MR) is 68.6 cm³/mol. The Bertz CT molecular complexity index is 308. The van der Waals surface area contributed by atoms with Crippen molar-refractivity contribution >= 4 is 11.6 Å². The summed E-state index contributed by atoms with van der Waals surface area (Å²) in [4.78, 5) is 0. The first-order chi connectivity index (χ1) is 7.43. The summed E-state index contributed by atoms with van der Waals surface area (Å²) in [6.07, 6.45) is 7.44. The predicted octanol–water partition coefficient (Wildman–Crippen LogP) is 4.36. The van der Waals surface area contributed by atoms with E-state index in [2.05, 4.69) is 26.8 Å². The number of methoxy groups -OCH3 is 1. The highest BCUT2D eigenvalue weighted by Gasteiger charge is 2.52. The molecule has 0 aliphatic heterocycles. The van der Waals surface area contributed by atoms with Gasteiger partial charge in [-0.1, -0.05) is 44.9 Å². The minimum absolute atomic E-state index is 0.117. The van der Waals surface area contributed by atoms with Crippen molar-refractivity contribution in [3.8, 4) is 0 Å². The quantitative estimate of drug-likeness (QED) is 0.664. The van der Waals surface area contributed by atoms with Crippen molar-refractivity contribution < 1.29 is 4.74 Å². The number of halogens is 1. The van der Waals surface area contributed by atoms with Crippen molar-refractivity contribution in [1.82, 2.24) is 0 Å². The zero-order chi connectivity index (χ0) is 12.0. The highest BCUT2D eigenvalue weighted by molar-refractivity contribution is 6.30. The molecule has 0 amide bonds. The smallest absolute Gasteiger partial charge is 0.0630 e. The Morgan fingerprint density at radius 1 is 1.31 bits per heavy atom. The third-order valence-electron chi connectivity index (χ3n) is 4.98. The lowest BCUT2D eigenvalue weighted by Crippen LogP contribution is -2.51. The third kappa shape index (κ3) is 1.64. The molecule has 1 fully saturated rings. The summed E-state index contributed by atoms with van der Waals surface area (Å²) in [6, 6.07) is 0. The third-order valence-corrected chi connectivity index (χ3v) is 5.62. The van der Waals surface area contributed by atoms with E-state index in [1.807, 2.05) is 7.11 Å². The largest absolute Gasteiger partial charge is 0.381 e. The molecule has 0 heterocycles. The number of ether oxygens (including phenoxy) is 1. The first-order valence-electron chi connectivity index (χ1n) is 6.32. The SMILES string of the molecule is CO[C@H]1CCC[C@H]2C(C)(C)C(Cl)=CC[C@]12C. The van der Waals surface area contributed by atoms with Gasteiger partial charge in [0.1, 0.15) is 0 Å². The minimum atomic E-state index is 0.117. The molecule has 0 unspecified atom stereocenters. The topological polar surface area (TPSA) is 9.23 Å². The lowest BCUT2D eigenvalue weighted by Gasteiger charge is -2.55. The molecule has 2 aliphatic rings. The van der Waals surface area contributed by atoms with Gasteiger partial charge in [0.15, 0.2) is 0 Å². The molecule has 0 radical (unpaired) electrons. The van der Waals surface area contributed by atoms with Crippen molar-refractivity contribution in [2.75, 3.05) is 7.11 Å². The van der Waals surface area contributed by atoms with Gasteiger partial charge in [0.05, 0.1) is 6.10 Å². The van der Waals surface area contributed by atoms with Crippen LogP contribution in [0.15, 0.2) is 11.1 Å². The Balaban J connectivity index is 2.39. The van der Waals surface area contributed by atoms with E-state index in [1.165, 1.54) is 19.3 Å². The summed E-state index contributed by atoms with van der Waals surface area (Å²) >= 11 is 6.40. The van der Waals surface area contributed by atoms with Crippen molar-refractivity contribution in [3.63, 3.8) is 0 Å². The number of fused-ring (bicyclic) bond motifs is 1. The highest BCUT2D eigenvalue weighted by atomic mass is 35.5. The van der Waals surface area contributed by atoms with Crippen LogP contribution in [0, 0.1) is 16.7 Å². The fourth-order valence-electron chi connectivity index (χ4n) is 3.98. The van der Waals surface area contributed by atoms with Gasteiger partial charge in [-0.15, -0.1) is 0 Å². The Morgan fingerprint density at radius 3 is 2.62 bits per heavy atom. The van der Waals surface area contributed by atoms with Gasteiger partial charge in [0.2, 0.25) is 0 Å². The molecule has 0 aromatic rings. The maximum absolute atomic E-state index is 6.40. The molecule has 92 valence electrons. The molecule has 2 aliphatic carbocycles. The van der Waals surface area contributed by atoms with Gasteiger partial charge < -0.3 is 4.74 Å². The molecule has 1 saturated carbocycles. The van der Waals surface area contributed by atoms with Gasteiger partial charge in [0, 0.05) is 23.0 Å². The van der Waals surface area contributed by atoms with Crippen LogP contribution in [0.25, 0.3) is 0 Å². The average Bonchev–Trinajstić information content (AvgIpc) is 2.24. The van der Waals surface area contributed by atoms with Crippen molar-refractivity contribution in [2.24, 2.45) is 16.7 Å². The van der Waals surface area contributed by atoms with Gasteiger partial charge >= 0.3 is 0 Å². The van der Waals surface area contributed by atoms with E-state index in [-0.39, 0.29) is 10.8 Å². The zero-order valence-corrected chi connectivity index (χ0v) is 11.6. The first kappa shape index (κ1) is 12.4. The lowest BCUT2D eigenvalue weighted by molar-refractivity contribution is -0.0979. The fourth-order valence-corrected chi connectivity index (χ4v) is 4.19. The Labute approximate surface area is 104 Å². The number of allylic oxidation sites excluding steroid dienone is 2. The van der Waals surface area contributed by atoms with Crippen molar-refractivity contribution in [1.29, 1.82) is 0 Å². The van der Waals surface area contributed by atoms with Crippen LogP contribution in [0.4, 0.5) is 0 Å². The van der Waals surface area contributed by atoms with Crippen molar-refractivity contribution in [2.45, 2.75) is 52.6 Å². The monoisotopic (exact) mass is 242 g/mol. The van der Waals surface area contributed by atoms with Crippen LogP contribution >= 0.6 is 11.6 Å². The normalized spacial score (nSPS) is 42.4. The van der Waals surface area contributed by atoms with Crippen LogP contribution in [-0.4, -0.2) is 13.2 Å². The molecule has 0 aromatic carbocycles. The van der Waals surface area contributed by atoms with Gasteiger partial charge in [-0.05, 0) is 25.2 Å². The van der Waals surface area contributed by atoms with Crippen LogP contribution in [0.3, 0.4) is 0 Å². The summed E-state index contributed by atoms with van der Waals surface area (Å²) in [5.74, 6) is 0.649. The van der Waals surface area contributed by atoms with Crippen LogP contribution in [0.1, 0.15) is 46.5 Å². The standard InChI is InChI=1S/C14H23ClO/c1-13(2)10-6-5-7-12(16-4)14(10,3)9-8-11(13)15/h8,10,12H,5-7,9H2,1-4H3/t10-,12-,14-/m0/s1. The summed E-state index contributed by atoms with van der Waals surface area (Å²) in [7, 11) is 1.85. The molecule has 3 atom stereocenters. The second-order valence-electron chi connectivity index (χ2n) is 6.19. The molecular weight excluding hydrogens is 220 g/mol. The highest BCUT2D eigenvalue weighted by Crippen LogP contribution is 2.58. The van der Waals surface area contributed by atoms with E-state index >= 15 is 0 Å². The van der Waals surface area contributed by atoms with Crippen LogP contribution in [0.5, 0.6) is 0 Å². The maximum Gasteiger partial charge on any atom is 0.0630 e. The maximum atomic E-state index is 6.40. The summed E-state index contributed by atoms with van der Waals surface area (Å²) in [6.45, 7) is 6.95. The van der Waals surface area contributed by atoms with E-state index in [0.717, 1.165) is 11.5 Å². The molecule has 0 N–H and O–H groups in total. The molecule has 0 saturated heterocycles. The van der Waals surface area contributed by atoms with Crippen LogP contribution < -0.4 is 0 Å². The van der Waals surface area contributed by atoms with Gasteiger partial charge in [-0.3, -0.25) is 0 Å². The molecule has 2 rings (SSSR count). The van der Waals surface area contributed by atoms with E-state index in [4.69, 9.17) is 16.3 Å². The molecule has 2 heteroatoms. The molecule has 1 nitrogen and oxygen atoms in total. The van der Waals surface area contributed by atoms with E-state index < -0.39 is 0 Å². The Morgan fingerprint density at radius 2 is 2.00 bits per heavy atom. The average molecular weight is 243 g/mol. The summed E-state index contributed by atoms with van der Waals surface area (Å²) < 4.78 is 5.72. The molecule has 0 aromatic heterocycles.